The third kappa shape index (κ3) is 5.02. The van der Waals surface area contributed by atoms with Crippen LogP contribution in [0.5, 0.6) is 5.75 Å². The molecule has 1 aromatic carbocycles. The SMILES string of the molecule is O=[N+]([O-])c1ccn(O)c(=NCCOCCOc2ccc3ncccc3c2)c1. The number of aromatic nitrogens is 2. The van der Waals surface area contributed by atoms with Crippen LogP contribution in [0.15, 0.2) is 59.9 Å². The van der Waals surface area contributed by atoms with Crippen molar-refractivity contribution in [3.05, 3.63) is 70.5 Å². The van der Waals surface area contributed by atoms with E-state index in [1.165, 1.54) is 18.3 Å². The van der Waals surface area contributed by atoms with Crippen LogP contribution in [0, 0.1) is 10.1 Å². The normalized spacial score (nSPS) is 11.6. The summed E-state index contributed by atoms with van der Waals surface area (Å²) in [7, 11) is 0. The lowest BCUT2D eigenvalue weighted by Gasteiger charge is -2.07. The van der Waals surface area contributed by atoms with Crippen molar-refractivity contribution in [3.63, 3.8) is 0 Å². The largest absolute Gasteiger partial charge is 0.491 e. The summed E-state index contributed by atoms with van der Waals surface area (Å²) in [4.78, 5) is 18.5. The van der Waals surface area contributed by atoms with E-state index in [0.29, 0.717) is 19.8 Å². The Hall–Kier alpha value is -3.46. The molecule has 0 amide bonds. The van der Waals surface area contributed by atoms with Gasteiger partial charge >= 0.3 is 0 Å². The van der Waals surface area contributed by atoms with Crippen LogP contribution in [0.2, 0.25) is 0 Å². The molecule has 3 rings (SSSR count). The van der Waals surface area contributed by atoms with Crippen molar-refractivity contribution in [3.8, 4) is 5.75 Å². The highest BCUT2D eigenvalue weighted by Crippen LogP contribution is 2.18. The highest BCUT2D eigenvalue weighted by molar-refractivity contribution is 5.79. The Labute approximate surface area is 154 Å². The van der Waals surface area contributed by atoms with Gasteiger partial charge in [-0.15, -0.1) is 0 Å². The molecule has 27 heavy (non-hydrogen) atoms. The number of hydrogen-bond acceptors (Lipinski definition) is 7. The van der Waals surface area contributed by atoms with Gasteiger partial charge in [0.15, 0.2) is 5.49 Å². The predicted octanol–water partition coefficient (Wildman–Crippen LogP) is 2.18. The maximum Gasteiger partial charge on any atom is 0.274 e. The summed E-state index contributed by atoms with van der Waals surface area (Å²) >= 11 is 0. The summed E-state index contributed by atoms with van der Waals surface area (Å²) in [6, 6.07) is 11.9. The van der Waals surface area contributed by atoms with E-state index in [1.54, 1.807) is 6.20 Å². The third-order valence-corrected chi connectivity index (χ3v) is 3.69. The van der Waals surface area contributed by atoms with Crippen molar-refractivity contribution in [2.75, 3.05) is 26.4 Å². The van der Waals surface area contributed by atoms with Gasteiger partial charge in [0.25, 0.3) is 5.69 Å². The zero-order valence-corrected chi connectivity index (χ0v) is 14.4. The van der Waals surface area contributed by atoms with Crippen LogP contribution in [0.4, 0.5) is 5.69 Å². The second kappa shape index (κ2) is 8.77. The lowest BCUT2D eigenvalue weighted by molar-refractivity contribution is -0.385. The summed E-state index contributed by atoms with van der Waals surface area (Å²) in [6.07, 6.45) is 2.92. The van der Waals surface area contributed by atoms with Crippen LogP contribution in [0.25, 0.3) is 10.9 Å². The zero-order valence-electron chi connectivity index (χ0n) is 14.4. The number of fused-ring (bicyclic) bond motifs is 1. The summed E-state index contributed by atoms with van der Waals surface area (Å²) in [6.45, 7) is 1.30. The van der Waals surface area contributed by atoms with Gasteiger partial charge in [-0.05, 0) is 24.3 Å². The van der Waals surface area contributed by atoms with Gasteiger partial charge in [0.2, 0.25) is 0 Å². The van der Waals surface area contributed by atoms with E-state index in [4.69, 9.17) is 9.47 Å². The minimum Gasteiger partial charge on any atom is -0.491 e. The Balaban J connectivity index is 1.43. The average Bonchev–Trinajstić information content (AvgIpc) is 2.68. The van der Waals surface area contributed by atoms with Gasteiger partial charge in [0, 0.05) is 17.6 Å². The molecule has 0 aliphatic rings. The molecule has 0 saturated carbocycles. The quantitative estimate of drug-likeness (QED) is 0.281. The highest BCUT2D eigenvalue weighted by Gasteiger charge is 2.05. The predicted molar refractivity (Wildman–Crippen MR) is 96.8 cm³/mol. The fourth-order valence-corrected chi connectivity index (χ4v) is 2.39. The van der Waals surface area contributed by atoms with E-state index in [-0.39, 0.29) is 17.7 Å². The lowest BCUT2D eigenvalue weighted by Crippen LogP contribution is -2.19. The number of benzene rings is 1. The summed E-state index contributed by atoms with van der Waals surface area (Å²) in [5.41, 5.74) is 0.859. The Morgan fingerprint density at radius 2 is 2.07 bits per heavy atom. The van der Waals surface area contributed by atoms with Crippen LogP contribution in [0.1, 0.15) is 0 Å². The van der Waals surface area contributed by atoms with Crippen LogP contribution in [0.3, 0.4) is 0 Å². The highest BCUT2D eigenvalue weighted by atomic mass is 16.6. The Kier molecular flexibility index (Phi) is 5.95. The van der Waals surface area contributed by atoms with Gasteiger partial charge in [0.1, 0.15) is 12.4 Å². The van der Waals surface area contributed by atoms with Crippen molar-refractivity contribution in [2.45, 2.75) is 0 Å². The molecule has 0 aliphatic carbocycles. The molecule has 0 atom stereocenters. The van der Waals surface area contributed by atoms with Crippen molar-refractivity contribution < 1.29 is 19.6 Å². The molecule has 0 bridgehead atoms. The van der Waals surface area contributed by atoms with Crippen LogP contribution in [-0.2, 0) is 4.74 Å². The van der Waals surface area contributed by atoms with Crippen LogP contribution in [-0.4, -0.2) is 46.2 Å². The Morgan fingerprint density at radius 3 is 2.93 bits per heavy atom. The van der Waals surface area contributed by atoms with Crippen molar-refractivity contribution in [1.29, 1.82) is 0 Å². The molecule has 3 aromatic rings. The first-order valence-corrected chi connectivity index (χ1v) is 8.26. The zero-order chi connectivity index (χ0) is 19.1. The summed E-state index contributed by atoms with van der Waals surface area (Å²) in [5.74, 6) is 0.738. The lowest BCUT2D eigenvalue weighted by atomic mass is 10.2. The molecule has 0 radical (unpaired) electrons. The molecule has 9 nitrogen and oxygen atoms in total. The first-order chi connectivity index (χ1) is 13.1. The van der Waals surface area contributed by atoms with E-state index in [9.17, 15) is 15.3 Å². The maximum atomic E-state index is 10.7. The van der Waals surface area contributed by atoms with Crippen molar-refractivity contribution in [2.24, 2.45) is 4.99 Å². The van der Waals surface area contributed by atoms with Gasteiger partial charge in [-0.2, -0.15) is 4.73 Å². The minimum absolute atomic E-state index is 0.0915. The van der Waals surface area contributed by atoms with Crippen LogP contribution >= 0.6 is 0 Å². The van der Waals surface area contributed by atoms with Gasteiger partial charge in [-0.1, -0.05) is 6.07 Å². The fraction of sp³-hybridized carbons (Fsp3) is 0.222. The molecule has 2 heterocycles. The molecule has 9 heteroatoms. The van der Waals surface area contributed by atoms with E-state index < -0.39 is 4.92 Å². The molecule has 0 unspecified atom stereocenters. The number of ether oxygens (including phenoxy) is 2. The van der Waals surface area contributed by atoms with Crippen LogP contribution < -0.4 is 10.2 Å². The third-order valence-electron chi connectivity index (χ3n) is 3.69. The second-order valence-electron chi connectivity index (χ2n) is 5.55. The minimum atomic E-state index is -0.546. The first-order valence-electron chi connectivity index (χ1n) is 8.26. The van der Waals surface area contributed by atoms with Gasteiger partial charge in [0.05, 0.1) is 42.5 Å². The Bertz CT molecular complexity index is 1000. The van der Waals surface area contributed by atoms with Gasteiger partial charge in [-0.25, -0.2) is 0 Å². The summed E-state index contributed by atoms with van der Waals surface area (Å²) in [5, 5.41) is 21.3. The fourth-order valence-electron chi connectivity index (χ4n) is 2.39. The Morgan fingerprint density at radius 1 is 1.19 bits per heavy atom. The monoisotopic (exact) mass is 370 g/mol. The molecule has 0 saturated heterocycles. The number of rotatable bonds is 8. The molecule has 0 spiro atoms. The number of nitro groups is 1. The number of nitrogens with zero attached hydrogens (tertiary/aromatic N) is 4. The topological polar surface area (TPSA) is 112 Å². The van der Waals surface area contributed by atoms with E-state index in [1.807, 2.05) is 30.3 Å². The van der Waals surface area contributed by atoms with E-state index in [2.05, 4.69) is 9.98 Å². The number of pyridine rings is 2. The summed E-state index contributed by atoms with van der Waals surface area (Å²) < 4.78 is 11.8. The van der Waals surface area contributed by atoms with Gasteiger partial charge in [-0.3, -0.25) is 20.1 Å². The van der Waals surface area contributed by atoms with Crippen molar-refractivity contribution in [1.82, 2.24) is 9.71 Å². The molecule has 0 fully saturated rings. The average molecular weight is 370 g/mol. The molecule has 2 aromatic heterocycles. The smallest absolute Gasteiger partial charge is 0.274 e. The second-order valence-corrected chi connectivity index (χ2v) is 5.55. The number of hydrogen-bond donors (Lipinski definition) is 1. The van der Waals surface area contributed by atoms with E-state index in [0.717, 1.165) is 21.4 Å². The van der Waals surface area contributed by atoms with Crippen molar-refractivity contribution >= 4 is 16.6 Å². The molecular formula is C18H18N4O5. The van der Waals surface area contributed by atoms with Gasteiger partial charge < -0.3 is 14.7 Å². The molecular weight excluding hydrogens is 352 g/mol. The first kappa shape index (κ1) is 18.3. The molecule has 0 aliphatic heterocycles. The standard InChI is InChI=1S/C18H18N4O5/c23-21-8-5-15(22(24)25)13-18(21)20-7-9-26-10-11-27-16-3-4-17-14(12-16)2-1-6-19-17/h1-6,8,12-13,23H,7,9-11H2. The molecule has 140 valence electrons. The van der Waals surface area contributed by atoms with E-state index >= 15 is 0 Å². The molecule has 1 N–H and O–H groups in total. The maximum absolute atomic E-state index is 10.7.